The number of amides is 1. The van der Waals surface area contributed by atoms with Crippen LogP contribution in [0, 0.1) is 33.8 Å². The lowest BCUT2D eigenvalue weighted by atomic mass is 9.54. The van der Waals surface area contributed by atoms with Crippen LogP contribution in [-0.4, -0.2) is 37.9 Å². The molecule has 10 heteroatoms. The Bertz CT molecular complexity index is 978. The van der Waals surface area contributed by atoms with E-state index < -0.39 is 20.5 Å². The van der Waals surface area contributed by atoms with E-state index in [1.54, 1.807) is 0 Å². The van der Waals surface area contributed by atoms with Gasteiger partial charge in [-0.1, -0.05) is 0 Å². The SMILES string of the molecule is COc1cc([N+](=O)[O-])ccc1S(=O)(=O)NC(C)(C)C(=O)NC1C2CC3CC(C2)CC1C3. The third-order valence-corrected chi connectivity index (χ3v) is 8.82. The second-order valence-corrected chi connectivity index (χ2v) is 11.4. The van der Waals surface area contributed by atoms with E-state index >= 15 is 0 Å². The maximum absolute atomic E-state index is 13.1. The number of rotatable bonds is 7. The van der Waals surface area contributed by atoms with E-state index in [1.165, 1.54) is 27.4 Å². The molecule has 1 amide bonds. The van der Waals surface area contributed by atoms with E-state index in [2.05, 4.69) is 10.0 Å². The summed E-state index contributed by atoms with van der Waals surface area (Å²) in [5, 5.41) is 14.1. The minimum Gasteiger partial charge on any atom is -0.495 e. The number of nitrogens with one attached hydrogen (secondary N) is 2. The molecule has 31 heavy (non-hydrogen) atoms. The number of hydrogen-bond acceptors (Lipinski definition) is 6. The number of carbonyl (C=O) groups is 1. The maximum Gasteiger partial charge on any atom is 0.273 e. The molecule has 1 aromatic rings. The average molecular weight is 452 g/mol. The Kier molecular flexibility index (Phi) is 5.49. The van der Waals surface area contributed by atoms with Gasteiger partial charge >= 0.3 is 0 Å². The van der Waals surface area contributed by atoms with Gasteiger partial charge in [-0.15, -0.1) is 0 Å². The Balaban J connectivity index is 1.50. The first-order valence-electron chi connectivity index (χ1n) is 10.7. The predicted octanol–water partition coefficient (Wildman–Crippen LogP) is 2.60. The van der Waals surface area contributed by atoms with E-state index in [9.17, 15) is 23.3 Å². The molecular weight excluding hydrogens is 422 g/mol. The molecular formula is C21H29N3O6S. The van der Waals surface area contributed by atoms with Crippen LogP contribution in [0.5, 0.6) is 5.75 Å². The first-order chi connectivity index (χ1) is 14.5. The molecule has 0 spiro atoms. The molecule has 2 N–H and O–H groups in total. The zero-order valence-corrected chi connectivity index (χ0v) is 18.8. The van der Waals surface area contributed by atoms with Crippen molar-refractivity contribution in [3.05, 3.63) is 28.3 Å². The third kappa shape index (κ3) is 4.15. The van der Waals surface area contributed by atoms with E-state index in [0.29, 0.717) is 11.8 Å². The predicted molar refractivity (Wildman–Crippen MR) is 113 cm³/mol. The second-order valence-electron chi connectivity index (χ2n) is 9.75. The highest BCUT2D eigenvalue weighted by Gasteiger charge is 2.49. The molecule has 170 valence electrons. The highest BCUT2D eigenvalue weighted by atomic mass is 32.2. The summed E-state index contributed by atoms with van der Waals surface area (Å²) in [6.45, 7) is 3.04. The molecule has 1 aromatic carbocycles. The monoisotopic (exact) mass is 451 g/mol. The van der Waals surface area contributed by atoms with E-state index in [-0.39, 0.29) is 28.3 Å². The van der Waals surface area contributed by atoms with Crippen molar-refractivity contribution in [2.24, 2.45) is 23.7 Å². The van der Waals surface area contributed by atoms with Crippen molar-refractivity contribution in [2.45, 2.75) is 62.4 Å². The molecule has 0 heterocycles. The third-order valence-electron chi connectivity index (χ3n) is 7.13. The smallest absolute Gasteiger partial charge is 0.273 e. The minimum absolute atomic E-state index is 0.0954. The van der Waals surface area contributed by atoms with Crippen molar-refractivity contribution >= 4 is 21.6 Å². The Labute approximate surface area is 182 Å². The van der Waals surface area contributed by atoms with Crippen LogP contribution in [0.15, 0.2) is 23.1 Å². The van der Waals surface area contributed by atoms with Gasteiger partial charge in [-0.05, 0) is 75.7 Å². The first-order valence-corrected chi connectivity index (χ1v) is 12.2. The first kappa shape index (κ1) is 22.0. The summed E-state index contributed by atoms with van der Waals surface area (Å²) in [7, 11) is -2.93. The molecule has 0 atom stereocenters. The Morgan fingerprint density at radius 3 is 2.23 bits per heavy atom. The number of ether oxygens (including phenoxy) is 1. The lowest BCUT2D eigenvalue weighted by Crippen LogP contribution is -2.62. The van der Waals surface area contributed by atoms with Gasteiger partial charge < -0.3 is 10.1 Å². The minimum atomic E-state index is -4.17. The van der Waals surface area contributed by atoms with Gasteiger partial charge in [-0.25, -0.2) is 8.42 Å². The average Bonchev–Trinajstić information content (AvgIpc) is 2.68. The van der Waals surface area contributed by atoms with Crippen LogP contribution in [0.3, 0.4) is 0 Å². The van der Waals surface area contributed by atoms with E-state index in [0.717, 1.165) is 55.7 Å². The molecule has 0 aromatic heterocycles. The van der Waals surface area contributed by atoms with E-state index in [1.807, 2.05) is 0 Å². The molecule has 9 nitrogen and oxygen atoms in total. The Morgan fingerprint density at radius 1 is 1.13 bits per heavy atom. The molecule has 4 aliphatic rings. The highest BCUT2D eigenvalue weighted by molar-refractivity contribution is 7.89. The van der Waals surface area contributed by atoms with Crippen molar-refractivity contribution < 1.29 is 22.9 Å². The number of benzene rings is 1. The van der Waals surface area contributed by atoms with Crippen LogP contribution in [0.25, 0.3) is 0 Å². The molecule has 0 aliphatic heterocycles. The van der Waals surface area contributed by atoms with Gasteiger partial charge in [-0.3, -0.25) is 14.9 Å². The molecule has 4 aliphatic carbocycles. The zero-order valence-electron chi connectivity index (χ0n) is 18.0. The maximum atomic E-state index is 13.1. The molecule has 4 fully saturated rings. The standard InChI is InChI=1S/C21H29N3O6S/c1-21(2,20(25)22-19-14-7-12-6-13(9-14)10-15(19)8-12)23-31(28,29)18-5-4-16(24(26)27)11-17(18)30-3/h4-5,11-15,19,23H,6-10H2,1-3H3,(H,22,25). The van der Waals surface area contributed by atoms with Crippen molar-refractivity contribution in [3.63, 3.8) is 0 Å². The topological polar surface area (TPSA) is 128 Å². The Hall–Kier alpha value is -2.20. The highest BCUT2D eigenvalue weighted by Crippen LogP contribution is 2.53. The Morgan fingerprint density at radius 2 is 1.71 bits per heavy atom. The quantitative estimate of drug-likeness (QED) is 0.484. The fourth-order valence-electron chi connectivity index (χ4n) is 5.92. The summed E-state index contributed by atoms with van der Waals surface area (Å²) >= 11 is 0. The number of non-ortho nitro benzene ring substituents is 1. The summed E-state index contributed by atoms with van der Waals surface area (Å²) in [6.07, 6.45) is 5.89. The molecule has 0 unspecified atom stereocenters. The fraction of sp³-hybridized carbons (Fsp3) is 0.667. The van der Waals surface area contributed by atoms with Gasteiger partial charge in [0.05, 0.1) is 18.1 Å². The van der Waals surface area contributed by atoms with Gasteiger partial charge in [-0.2, -0.15) is 4.72 Å². The van der Waals surface area contributed by atoms with Crippen LogP contribution in [0.1, 0.15) is 46.0 Å². The van der Waals surface area contributed by atoms with Crippen LogP contribution in [0.2, 0.25) is 0 Å². The largest absolute Gasteiger partial charge is 0.495 e. The van der Waals surface area contributed by atoms with E-state index in [4.69, 9.17) is 4.74 Å². The number of carbonyl (C=O) groups excluding carboxylic acids is 1. The number of sulfonamides is 1. The lowest BCUT2D eigenvalue weighted by Gasteiger charge is -2.54. The molecule has 4 bridgehead atoms. The van der Waals surface area contributed by atoms with Gasteiger partial charge in [0, 0.05) is 12.1 Å². The normalized spacial score (nSPS) is 29.6. The summed E-state index contributed by atoms with van der Waals surface area (Å²) < 4.78 is 33.5. The zero-order chi connectivity index (χ0) is 22.6. The molecule has 5 rings (SSSR count). The van der Waals surface area contributed by atoms with Gasteiger partial charge in [0.2, 0.25) is 15.9 Å². The number of nitro groups is 1. The molecule has 4 saturated carbocycles. The van der Waals surface area contributed by atoms with Gasteiger partial charge in [0.15, 0.2) is 0 Å². The summed E-state index contributed by atoms with van der Waals surface area (Å²) in [5.74, 6) is 1.98. The summed E-state index contributed by atoms with van der Waals surface area (Å²) in [6, 6.07) is 3.36. The van der Waals surface area contributed by atoms with Gasteiger partial charge in [0.1, 0.15) is 16.2 Å². The molecule has 0 radical (unpaired) electrons. The van der Waals surface area contributed by atoms with Crippen LogP contribution < -0.4 is 14.8 Å². The number of methoxy groups -OCH3 is 1. The van der Waals surface area contributed by atoms with Crippen molar-refractivity contribution in [3.8, 4) is 5.75 Å². The number of nitrogens with zero attached hydrogens (tertiary/aromatic N) is 1. The fourth-order valence-corrected chi connectivity index (χ4v) is 7.45. The van der Waals surface area contributed by atoms with Crippen LogP contribution >= 0.6 is 0 Å². The molecule has 0 saturated heterocycles. The van der Waals surface area contributed by atoms with Crippen molar-refractivity contribution in [2.75, 3.05) is 7.11 Å². The summed E-state index contributed by atoms with van der Waals surface area (Å²) in [4.78, 5) is 23.2. The van der Waals surface area contributed by atoms with Gasteiger partial charge in [0.25, 0.3) is 5.69 Å². The van der Waals surface area contributed by atoms with Crippen molar-refractivity contribution in [1.29, 1.82) is 0 Å². The van der Waals surface area contributed by atoms with Crippen LogP contribution in [-0.2, 0) is 14.8 Å². The van der Waals surface area contributed by atoms with Crippen molar-refractivity contribution in [1.82, 2.24) is 10.0 Å². The second kappa shape index (κ2) is 7.74. The van der Waals surface area contributed by atoms with Crippen LogP contribution in [0.4, 0.5) is 5.69 Å². The summed E-state index contributed by atoms with van der Waals surface area (Å²) in [5.41, 5.74) is -1.69. The number of nitro benzene ring substituents is 1. The lowest BCUT2D eigenvalue weighted by molar-refractivity contribution is -0.385. The number of hydrogen-bond donors (Lipinski definition) is 2.